The van der Waals surface area contributed by atoms with Crippen LogP contribution >= 0.6 is 0 Å². The van der Waals surface area contributed by atoms with E-state index in [0.29, 0.717) is 5.75 Å². The standard InChI is InChI=1S/C17H21NO2/c1-12-8-5-6-9-14(12)18(3)15-10-7-11-16(20-4)17(15)13(2)19/h5-11,13,19H,1-4H3. The molecule has 0 aliphatic rings. The zero-order valence-electron chi connectivity index (χ0n) is 12.4. The minimum atomic E-state index is -0.590. The second kappa shape index (κ2) is 5.97. The lowest BCUT2D eigenvalue weighted by molar-refractivity contribution is 0.195. The molecule has 0 saturated carbocycles. The van der Waals surface area contributed by atoms with Crippen molar-refractivity contribution in [2.24, 2.45) is 0 Å². The van der Waals surface area contributed by atoms with E-state index >= 15 is 0 Å². The molecule has 3 nitrogen and oxygen atoms in total. The lowest BCUT2D eigenvalue weighted by Crippen LogP contribution is -2.14. The average Bonchev–Trinajstić information content (AvgIpc) is 2.46. The first-order valence-electron chi connectivity index (χ1n) is 6.70. The predicted octanol–water partition coefficient (Wildman–Crippen LogP) is 3.82. The maximum Gasteiger partial charge on any atom is 0.126 e. The van der Waals surface area contributed by atoms with Crippen molar-refractivity contribution in [2.45, 2.75) is 20.0 Å². The van der Waals surface area contributed by atoms with Crippen molar-refractivity contribution in [3.63, 3.8) is 0 Å². The third-order valence-corrected chi connectivity index (χ3v) is 3.52. The van der Waals surface area contributed by atoms with Gasteiger partial charge in [0.15, 0.2) is 0 Å². The number of hydrogen-bond acceptors (Lipinski definition) is 3. The fourth-order valence-corrected chi connectivity index (χ4v) is 2.49. The van der Waals surface area contributed by atoms with Crippen molar-refractivity contribution in [2.75, 3.05) is 19.1 Å². The number of para-hydroxylation sites is 1. The van der Waals surface area contributed by atoms with E-state index in [1.54, 1.807) is 14.0 Å². The van der Waals surface area contributed by atoms with E-state index in [2.05, 4.69) is 24.0 Å². The Labute approximate surface area is 120 Å². The van der Waals surface area contributed by atoms with Gasteiger partial charge in [-0.1, -0.05) is 24.3 Å². The van der Waals surface area contributed by atoms with Crippen molar-refractivity contribution in [1.29, 1.82) is 0 Å². The maximum absolute atomic E-state index is 10.1. The number of aliphatic hydroxyl groups is 1. The second-order valence-corrected chi connectivity index (χ2v) is 4.91. The summed E-state index contributed by atoms with van der Waals surface area (Å²) in [5.74, 6) is 0.706. The molecule has 2 rings (SSSR count). The topological polar surface area (TPSA) is 32.7 Å². The Morgan fingerprint density at radius 2 is 1.70 bits per heavy atom. The molecular weight excluding hydrogens is 250 g/mol. The Balaban J connectivity index is 2.55. The molecule has 0 spiro atoms. The van der Waals surface area contributed by atoms with Crippen molar-refractivity contribution >= 4 is 11.4 Å². The maximum atomic E-state index is 10.1. The zero-order chi connectivity index (χ0) is 14.7. The van der Waals surface area contributed by atoms with Gasteiger partial charge in [0.05, 0.1) is 18.9 Å². The highest BCUT2D eigenvalue weighted by Crippen LogP contribution is 2.37. The van der Waals surface area contributed by atoms with E-state index in [-0.39, 0.29) is 0 Å². The van der Waals surface area contributed by atoms with E-state index in [9.17, 15) is 5.11 Å². The van der Waals surface area contributed by atoms with Crippen LogP contribution in [-0.4, -0.2) is 19.3 Å². The lowest BCUT2D eigenvalue weighted by atomic mass is 10.0. The molecule has 0 radical (unpaired) electrons. The number of aryl methyl sites for hydroxylation is 1. The molecule has 1 atom stereocenters. The Kier molecular flexibility index (Phi) is 4.30. The van der Waals surface area contributed by atoms with Crippen molar-refractivity contribution in [3.8, 4) is 5.75 Å². The third kappa shape index (κ3) is 2.63. The molecule has 0 amide bonds. The molecule has 0 saturated heterocycles. The molecule has 20 heavy (non-hydrogen) atoms. The molecule has 0 heterocycles. The van der Waals surface area contributed by atoms with Crippen LogP contribution in [0.15, 0.2) is 42.5 Å². The number of benzene rings is 2. The summed E-state index contributed by atoms with van der Waals surface area (Å²) in [4.78, 5) is 2.08. The van der Waals surface area contributed by atoms with Crippen LogP contribution in [0.2, 0.25) is 0 Å². The minimum Gasteiger partial charge on any atom is -0.496 e. The van der Waals surface area contributed by atoms with Gasteiger partial charge in [0.1, 0.15) is 5.75 Å². The molecule has 2 aromatic carbocycles. The largest absolute Gasteiger partial charge is 0.496 e. The Hall–Kier alpha value is -2.00. The molecule has 0 aliphatic carbocycles. The number of methoxy groups -OCH3 is 1. The number of ether oxygens (including phenoxy) is 1. The van der Waals surface area contributed by atoms with Crippen molar-refractivity contribution in [3.05, 3.63) is 53.6 Å². The highest BCUT2D eigenvalue weighted by atomic mass is 16.5. The van der Waals surface area contributed by atoms with Gasteiger partial charge in [-0.25, -0.2) is 0 Å². The Morgan fingerprint density at radius 1 is 1.05 bits per heavy atom. The van der Waals surface area contributed by atoms with E-state index in [1.165, 1.54) is 5.56 Å². The molecule has 0 aliphatic heterocycles. The third-order valence-electron chi connectivity index (χ3n) is 3.52. The molecule has 2 aromatic rings. The fourth-order valence-electron chi connectivity index (χ4n) is 2.49. The summed E-state index contributed by atoms with van der Waals surface area (Å²) in [5, 5.41) is 10.1. The summed E-state index contributed by atoms with van der Waals surface area (Å²) in [6.07, 6.45) is -0.590. The summed E-state index contributed by atoms with van der Waals surface area (Å²) in [6, 6.07) is 14.0. The molecule has 1 unspecified atom stereocenters. The number of aliphatic hydroxyl groups excluding tert-OH is 1. The van der Waals surface area contributed by atoms with Gasteiger partial charge in [0.25, 0.3) is 0 Å². The van der Waals surface area contributed by atoms with Crippen LogP contribution in [0.3, 0.4) is 0 Å². The second-order valence-electron chi connectivity index (χ2n) is 4.91. The van der Waals surface area contributed by atoms with Gasteiger partial charge in [0.2, 0.25) is 0 Å². The van der Waals surface area contributed by atoms with Crippen LogP contribution in [0.4, 0.5) is 11.4 Å². The fraction of sp³-hybridized carbons (Fsp3) is 0.294. The van der Waals surface area contributed by atoms with Crippen LogP contribution in [0.25, 0.3) is 0 Å². The van der Waals surface area contributed by atoms with Crippen LogP contribution in [0.5, 0.6) is 5.75 Å². The number of rotatable bonds is 4. The molecule has 0 bridgehead atoms. The number of nitrogens with zero attached hydrogens (tertiary/aromatic N) is 1. The zero-order valence-corrected chi connectivity index (χ0v) is 12.4. The molecule has 0 fully saturated rings. The van der Waals surface area contributed by atoms with Crippen LogP contribution in [0, 0.1) is 6.92 Å². The van der Waals surface area contributed by atoms with Crippen LogP contribution in [-0.2, 0) is 0 Å². The average molecular weight is 271 g/mol. The first-order valence-corrected chi connectivity index (χ1v) is 6.70. The van der Waals surface area contributed by atoms with E-state index in [1.807, 2.05) is 37.4 Å². The molecule has 0 aromatic heterocycles. The molecular formula is C17H21NO2. The molecule has 3 heteroatoms. The van der Waals surface area contributed by atoms with Crippen LogP contribution in [0.1, 0.15) is 24.2 Å². The summed E-state index contributed by atoms with van der Waals surface area (Å²) in [6.45, 7) is 3.83. The van der Waals surface area contributed by atoms with Crippen molar-refractivity contribution in [1.82, 2.24) is 0 Å². The predicted molar refractivity (Wildman–Crippen MR) is 82.9 cm³/mol. The lowest BCUT2D eigenvalue weighted by Gasteiger charge is -2.26. The highest BCUT2D eigenvalue weighted by Gasteiger charge is 2.18. The quantitative estimate of drug-likeness (QED) is 0.917. The summed E-state index contributed by atoms with van der Waals surface area (Å²) in [5.41, 5.74) is 4.06. The number of hydrogen-bond donors (Lipinski definition) is 1. The number of anilines is 2. The van der Waals surface area contributed by atoms with E-state index in [4.69, 9.17) is 4.74 Å². The summed E-state index contributed by atoms with van der Waals surface area (Å²) in [7, 11) is 3.63. The van der Waals surface area contributed by atoms with Gasteiger partial charge >= 0.3 is 0 Å². The Bertz CT molecular complexity index is 593. The van der Waals surface area contributed by atoms with E-state index < -0.39 is 6.10 Å². The van der Waals surface area contributed by atoms with Gasteiger partial charge in [-0.05, 0) is 37.6 Å². The monoisotopic (exact) mass is 271 g/mol. The summed E-state index contributed by atoms with van der Waals surface area (Å²) < 4.78 is 5.38. The minimum absolute atomic E-state index is 0.590. The first kappa shape index (κ1) is 14.4. The van der Waals surface area contributed by atoms with Gasteiger partial charge in [-0.2, -0.15) is 0 Å². The highest BCUT2D eigenvalue weighted by molar-refractivity contribution is 5.70. The normalized spacial score (nSPS) is 12.1. The van der Waals surface area contributed by atoms with Gasteiger partial charge in [-0.15, -0.1) is 0 Å². The van der Waals surface area contributed by atoms with Crippen LogP contribution < -0.4 is 9.64 Å². The molecule has 106 valence electrons. The molecule has 1 N–H and O–H groups in total. The SMILES string of the molecule is COc1cccc(N(C)c2ccccc2C)c1C(C)O. The summed E-state index contributed by atoms with van der Waals surface area (Å²) >= 11 is 0. The van der Waals surface area contributed by atoms with Gasteiger partial charge < -0.3 is 14.7 Å². The van der Waals surface area contributed by atoms with Gasteiger partial charge in [-0.3, -0.25) is 0 Å². The van der Waals surface area contributed by atoms with Crippen molar-refractivity contribution < 1.29 is 9.84 Å². The van der Waals surface area contributed by atoms with Gasteiger partial charge in [0, 0.05) is 18.3 Å². The smallest absolute Gasteiger partial charge is 0.126 e. The Morgan fingerprint density at radius 3 is 2.30 bits per heavy atom. The van der Waals surface area contributed by atoms with E-state index in [0.717, 1.165) is 16.9 Å². The first-order chi connectivity index (χ1) is 9.56.